The van der Waals surface area contributed by atoms with Crippen LogP contribution in [0.2, 0.25) is 0 Å². The molecule has 0 bridgehead atoms. The molecule has 0 radical (unpaired) electrons. The number of hydrogen-bond donors (Lipinski definition) is 1. The van der Waals surface area contributed by atoms with Crippen molar-refractivity contribution in [3.8, 4) is 0 Å². The van der Waals surface area contributed by atoms with Crippen molar-refractivity contribution >= 4 is 10.0 Å². The summed E-state index contributed by atoms with van der Waals surface area (Å²) in [5.74, 6) is 1.10. The van der Waals surface area contributed by atoms with Crippen molar-refractivity contribution < 1.29 is 17.6 Å². The van der Waals surface area contributed by atoms with Gasteiger partial charge in [-0.1, -0.05) is 13.8 Å². The summed E-state index contributed by atoms with van der Waals surface area (Å²) in [5, 5.41) is 3.13. The lowest BCUT2D eigenvalue weighted by Gasteiger charge is -2.33. The van der Waals surface area contributed by atoms with E-state index < -0.39 is 10.0 Å². The molecular formula is C14H24N2O4S. The highest BCUT2D eigenvalue weighted by Crippen LogP contribution is 2.27. The van der Waals surface area contributed by atoms with Crippen molar-refractivity contribution in [1.29, 1.82) is 0 Å². The molecule has 1 aliphatic heterocycles. The van der Waals surface area contributed by atoms with Gasteiger partial charge in [0, 0.05) is 18.7 Å². The van der Waals surface area contributed by atoms with Crippen molar-refractivity contribution in [1.82, 2.24) is 9.62 Å². The van der Waals surface area contributed by atoms with Gasteiger partial charge in [-0.2, -0.15) is 4.31 Å². The molecule has 7 heteroatoms. The third-order valence-electron chi connectivity index (χ3n) is 3.70. The maximum absolute atomic E-state index is 12.9. The topological polar surface area (TPSA) is 71.8 Å². The van der Waals surface area contributed by atoms with Crippen LogP contribution in [0.4, 0.5) is 0 Å². The molecule has 120 valence electrons. The number of furan rings is 1. The van der Waals surface area contributed by atoms with Gasteiger partial charge in [-0.3, -0.25) is 0 Å². The van der Waals surface area contributed by atoms with Crippen LogP contribution in [0.5, 0.6) is 0 Å². The summed E-state index contributed by atoms with van der Waals surface area (Å²) in [4.78, 5) is 0.274. The number of nitrogens with zero attached hydrogens (tertiary/aromatic N) is 1. The quantitative estimate of drug-likeness (QED) is 0.861. The van der Waals surface area contributed by atoms with Gasteiger partial charge in [-0.05, 0) is 19.9 Å². The third-order valence-corrected chi connectivity index (χ3v) is 5.76. The lowest BCUT2D eigenvalue weighted by molar-refractivity contribution is 0.0314. The Morgan fingerprint density at radius 2 is 2.19 bits per heavy atom. The first kappa shape index (κ1) is 16.5. The van der Waals surface area contributed by atoms with Crippen LogP contribution in [-0.2, 0) is 21.3 Å². The van der Waals surface area contributed by atoms with E-state index in [2.05, 4.69) is 5.32 Å². The molecule has 0 aliphatic carbocycles. The molecular weight excluding hydrogens is 292 g/mol. The minimum absolute atomic E-state index is 0.102. The second-order valence-electron chi connectivity index (χ2n) is 5.17. The van der Waals surface area contributed by atoms with Crippen LogP contribution in [0.25, 0.3) is 0 Å². The third kappa shape index (κ3) is 3.48. The van der Waals surface area contributed by atoms with Crippen molar-refractivity contribution in [3.63, 3.8) is 0 Å². The zero-order valence-corrected chi connectivity index (χ0v) is 13.7. The van der Waals surface area contributed by atoms with Crippen LogP contribution in [0.15, 0.2) is 15.4 Å². The van der Waals surface area contributed by atoms with Gasteiger partial charge in [-0.25, -0.2) is 8.42 Å². The van der Waals surface area contributed by atoms with E-state index in [1.165, 1.54) is 0 Å². The molecule has 0 amide bonds. The van der Waals surface area contributed by atoms with Gasteiger partial charge in [0.05, 0.1) is 19.8 Å². The molecule has 1 aliphatic rings. The van der Waals surface area contributed by atoms with Crippen molar-refractivity contribution in [3.05, 3.63) is 17.6 Å². The molecule has 6 nitrogen and oxygen atoms in total. The Hall–Kier alpha value is -0.890. The maximum atomic E-state index is 12.9. The number of nitrogens with one attached hydrogen (secondary N) is 1. The summed E-state index contributed by atoms with van der Waals surface area (Å²) in [5.41, 5.74) is 0. The number of hydrogen-bond acceptors (Lipinski definition) is 5. The Morgan fingerprint density at radius 1 is 1.43 bits per heavy atom. The zero-order valence-electron chi connectivity index (χ0n) is 12.9. The second kappa shape index (κ2) is 6.91. The van der Waals surface area contributed by atoms with Gasteiger partial charge >= 0.3 is 0 Å². The Bertz CT molecular complexity index is 568. The molecule has 1 atom stereocenters. The molecule has 0 spiro atoms. The molecule has 1 saturated heterocycles. The molecule has 1 N–H and O–H groups in total. The van der Waals surface area contributed by atoms with E-state index in [1.54, 1.807) is 17.3 Å². The molecule has 1 aromatic heterocycles. The number of ether oxygens (including phenoxy) is 1. The second-order valence-corrected chi connectivity index (χ2v) is 7.03. The fourth-order valence-electron chi connectivity index (χ4n) is 2.52. The van der Waals surface area contributed by atoms with E-state index >= 15 is 0 Å². The summed E-state index contributed by atoms with van der Waals surface area (Å²) < 4.78 is 38.2. The molecule has 21 heavy (non-hydrogen) atoms. The first-order valence-electron chi connectivity index (χ1n) is 7.40. The number of aryl methyl sites for hydroxylation is 1. The van der Waals surface area contributed by atoms with E-state index in [9.17, 15) is 8.42 Å². The van der Waals surface area contributed by atoms with Crippen molar-refractivity contribution in [2.24, 2.45) is 0 Å². The van der Waals surface area contributed by atoms with Gasteiger partial charge in [0.15, 0.2) is 0 Å². The first-order chi connectivity index (χ1) is 10.0. The predicted octanol–water partition coefficient (Wildman–Crippen LogP) is 1.50. The Labute approximate surface area is 126 Å². The van der Waals surface area contributed by atoms with Crippen LogP contribution in [0.1, 0.15) is 31.8 Å². The Kier molecular flexibility index (Phi) is 5.43. The largest absolute Gasteiger partial charge is 0.464 e. The Balaban J connectivity index is 2.28. The summed E-state index contributed by atoms with van der Waals surface area (Å²) in [7, 11) is -3.53. The molecule has 2 heterocycles. The van der Waals surface area contributed by atoms with Gasteiger partial charge < -0.3 is 14.5 Å². The van der Waals surface area contributed by atoms with Crippen LogP contribution < -0.4 is 5.32 Å². The van der Waals surface area contributed by atoms with E-state index in [0.29, 0.717) is 37.8 Å². The highest BCUT2D eigenvalue weighted by molar-refractivity contribution is 7.89. The van der Waals surface area contributed by atoms with Crippen LogP contribution in [0, 0.1) is 6.92 Å². The average Bonchev–Trinajstić information content (AvgIpc) is 2.86. The van der Waals surface area contributed by atoms with Crippen molar-refractivity contribution in [2.45, 2.75) is 44.7 Å². The molecule has 2 rings (SSSR count). The normalized spacial score (nSPS) is 20.8. The molecule has 1 fully saturated rings. The summed E-state index contributed by atoms with van der Waals surface area (Å²) in [6, 6.07) is 1.53. The predicted molar refractivity (Wildman–Crippen MR) is 79.6 cm³/mol. The monoisotopic (exact) mass is 316 g/mol. The van der Waals surface area contributed by atoms with E-state index in [4.69, 9.17) is 9.15 Å². The lowest BCUT2D eigenvalue weighted by atomic mass is 10.2. The summed E-state index contributed by atoms with van der Waals surface area (Å²) in [6.07, 6.45) is 0.736. The summed E-state index contributed by atoms with van der Waals surface area (Å²) >= 11 is 0. The minimum atomic E-state index is -3.53. The van der Waals surface area contributed by atoms with Crippen LogP contribution >= 0.6 is 0 Å². The standard InChI is InChI=1S/C14H24N2O4S/c1-4-12-10-19-7-6-16(12)21(17,18)14-8-13(9-15-5-2)20-11(14)3/h8,12,15H,4-7,9-10H2,1-3H3. The highest BCUT2D eigenvalue weighted by Gasteiger charge is 2.35. The lowest BCUT2D eigenvalue weighted by Crippen LogP contribution is -2.48. The SMILES string of the molecule is CCNCc1cc(S(=O)(=O)N2CCOCC2CC)c(C)o1. The van der Waals surface area contributed by atoms with E-state index in [0.717, 1.165) is 13.0 Å². The first-order valence-corrected chi connectivity index (χ1v) is 8.84. The highest BCUT2D eigenvalue weighted by atomic mass is 32.2. The molecule has 0 aromatic carbocycles. The van der Waals surface area contributed by atoms with Crippen LogP contribution in [0.3, 0.4) is 0 Å². The van der Waals surface area contributed by atoms with Gasteiger partial charge in [0.2, 0.25) is 10.0 Å². The average molecular weight is 316 g/mol. The fraction of sp³-hybridized carbons (Fsp3) is 0.714. The number of morpholine rings is 1. The van der Waals surface area contributed by atoms with Gasteiger partial charge in [-0.15, -0.1) is 0 Å². The van der Waals surface area contributed by atoms with Crippen LogP contribution in [-0.4, -0.2) is 45.1 Å². The number of rotatable bonds is 6. The molecule has 1 unspecified atom stereocenters. The molecule has 1 aromatic rings. The van der Waals surface area contributed by atoms with E-state index in [-0.39, 0.29) is 10.9 Å². The fourth-order valence-corrected chi connectivity index (χ4v) is 4.37. The Morgan fingerprint density at radius 3 is 2.86 bits per heavy atom. The maximum Gasteiger partial charge on any atom is 0.246 e. The summed E-state index contributed by atoms with van der Waals surface area (Å²) in [6.45, 7) is 8.30. The van der Waals surface area contributed by atoms with Gasteiger partial charge in [0.1, 0.15) is 16.4 Å². The minimum Gasteiger partial charge on any atom is -0.464 e. The number of sulfonamides is 1. The van der Waals surface area contributed by atoms with Crippen molar-refractivity contribution in [2.75, 3.05) is 26.3 Å². The smallest absolute Gasteiger partial charge is 0.246 e. The molecule has 0 saturated carbocycles. The zero-order chi connectivity index (χ0) is 15.5. The van der Waals surface area contributed by atoms with E-state index in [1.807, 2.05) is 13.8 Å². The van der Waals surface area contributed by atoms with Gasteiger partial charge in [0.25, 0.3) is 0 Å².